The first kappa shape index (κ1) is 21.9. The summed E-state index contributed by atoms with van der Waals surface area (Å²) >= 11 is 25.4. The highest BCUT2D eigenvalue weighted by Gasteiger charge is 2.16. The van der Waals surface area contributed by atoms with Crippen LogP contribution in [0, 0.1) is 0 Å². The van der Waals surface area contributed by atoms with Gasteiger partial charge in [-0.15, -0.1) is 0 Å². The van der Waals surface area contributed by atoms with Gasteiger partial charge in [-0.3, -0.25) is 9.59 Å². The Morgan fingerprint density at radius 2 is 1.86 bits per heavy atom. The zero-order valence-electron chi connectivity index (χ0n) is 14.7. The Kier molecular flexibility index (Phi) is 7.08. The van der Waals surface area contributed by atoms with Crippen LogP contribution in [0.1, 0.15) is 0 Å². The Hall–Kier alpha value is -1.77. The van der Waals surface area contributed by atoms with Crippen LogP contribution < -0.4 is 9.54 Å². The van der Waals surface area contributed by atoms with Crippen LogP contribution in [0.5, 0.6) is 5.75 Å². The van der Waals surface area contributed by atoms with E-state index in [1.807, 2.05) is 0 Å². The summed E-state index contributed by atoms with van der Waals surface area (Å²) in [5, 5.41) is 1.29. The molecule has 0 spiro atoms. The zero-order valence-corrected chi connectivity index (χ0v) is 18.6. The van der Waals surface area contributed by atoms with E-state index in [1.54, 1.807) is 24.3 Å². The number of hydrogen-bond acceptors (Lipinski definition) is 5. The van der Waals surface area contributed by atoms with E-state index < -0.39 is 11.9 Å². The van der Waals surface area contributed by atoms with Crippen molar-refractivity contribution in [2.24, 2.45) is 4.99 Å². The Labute approximate surface area is 189 Å². The third-order valence-corrected chi connectivity index (χ3v) is 6.08. The number of hydrogen-bond donors (Lipinski definition) is 0. The largest absolute Gasteiger partial charge is 0.482 e. The molecule has 1 heterocycles. The molecule has 2 aromatic carbocycles. The second-order valence-corrected chi connectivity index (χ2v) is 8.26. The lowest BCUT2D eigenvalue weighted by molar-refractivity contribution is -0.141. The number of fused-ring (bicyclic) bond motifs is 1. The predicted molar refractivity (Wildman–Crippen MR) is 114 cm³/mol. The summed E-state index contributed by atoms with van der Waals surface area (Å²) in [6.45, 7) is -0.547. The van der Waals surface area contributed by atoms with Gasteiger partial charge in [0.25, 0.3) is 5.91 Å². The number of benzene rings is 2. The number of esters is 1. The number of carbonyl (C=O) groups is 2. The highest BCUT2D eigenvalue weighted by Crippen LogP contribution is 2.32. The number of rotatable bonds is 5. The van der Waals surface area contributed by atoms with E-state index in [0.29, 0.717) is 26.0 Å². The second-order valence-electron chi connectivity index (χ2n) is 5.62. The van der Waals surface area contributed by atoms with E-state index in [1.165, 1.54) is 29.1 Å². The fourth-order valence-corrected chi connectivity index (χ4v) is 4.39. The molecule has 0 saturated carbocycles. The van der Waals surface area contributed by atoms with Crippen molar-refractivity contribution in [3.8, 4) is 5.75 Å². The van der Waals surface area contributed by atoms with Gasteiger partial charge in [-0.25, -0.2) is 0 Å². The molecule has 1 aromatic heterocycles. The van der Waals surface area contributed by atoms with Crippen molar-refractivity contribution in [3.63, 3.8) is 0 Å². The molecule has 0 unspecified atom stereocenters. The normalized spacial score (nSPS) is 11.7. The molecule has 29 heavy (non-hydrogen) atoms. The first-order chi connectivity index (χ1) is 13.8. The van der Waals surface area contributed by atoms with Crippen LogP contribution in [0.25, 0.3) is 10.2 Å². The number of halogens is 4. The number of thiazole rings is 1. The van der Waals surface area contributed by atoms with Gasteiger partial charge in [0.05, 0.1) is 32.4 Å². The maximum absolute atomic E-state index is 12.4. The van der Waals surface area contributed by atoms with Crippen LogP contribution in [0.15, 0.2) is 35.3 Å². The number of aromatic nitrogens is 1. The van der Waals surface area contributed by atoms with Gasteiger partial charge < -0.3 is 14.0 Å². The lowest BCUT2D eigenvalue weighted by Crippen LogP contribution is -2.23. The molecule has 0 saturated heterocycles. The van der Waals surface area contributed by atoms with Crippen LogP contribution in [-0.4, -0.2) is 30.2 Å². The van der Waals surface area contributed by atoms with Gasteiger partial charge in [0.15, 0.2) is 11.4 Å². The molecule has 3 rings (SSSR count). The van der Waals surface area contributed by atoms with E-state index >= 15 is 0 Å². The van der Waals surface area contributed by atoms with Crippen molar-refractivity contribution in [2.45, 2.75) is 6.54 Å². The molecule has 0 aliphatic heterocycles. The minimum Gasteiger partial charge on any atom is -0.482 e. The van der Waals surface area contributed by atoms with Crippen molar-refractivity contribution < 1.29 is 19.1 Å². The quantitative estimate of drug-likeness (QED) is 0.469. The van der Waals surface area contributed by atoms with Crippen molar-refractivity contribution in [1.82, 2.24) is 4.57 Å². The van der Waals surface area contributed by atoms with Gasteiger partial charge in [-0.2, -0.15) is 4.99 Å². The minimum absolute atomic E-state index is 0.188. The Balaban J connectivity index is 1.95. The summed E-state index contributed by atoms with van der Waals surface area (Å²) in [5.41, 5.74) is 0.489. The molecule has 0 atom stereocenters. The molecule has 0 radical (unpaired) electrons. The van der Waals surface area contributed by atoms with Gasteiger partial charge in [0.1, 0.15) is 12.3 Å². The van der Waals surface area contributed by atoms with Gasteiger partial charge in [0.2, 0.25) is 0 Å². The van der Waals surface area contributed by atoms with Gasteiger partial charge in [-0.1, -0.05) is 57.7 Å². The topological polar surface area (TPSA) is 69.9 Å². The molecule has 152 valence electrons. The second kappa shape index (κ2) is 9.36. The lowest BCUT2D eigenvalue weighted by atomic mass is 10.3. The molecule has 11 heteroatoms. The fraction of sp³-hybridized carbons (Fsp3) is 0.167. The van der Waals surface area contributed by atoms with Crippen LogP contribution >= 0.6 is 57.7 Å². The van der Waals surface area contributed by atoms with E-state index in [9.17, 15) is 9.59 Å². The maximum atomic E-state index is 12.4. The SMILES string of the molecule is COC(=O)Cn1c(=NC(=O)COc2ccc(Cl)cc2Cl)sc2ccc(Cl)c(Cl)c21. The summed E-state index contributed by atoms with van der Waals surface area (Å²) in [4.78, 5) is 28.5. The predicted octanol–water partition coefficient (Wildman–Crippen LogP) is 5.00. The third kappa shape index (κ3) is 5.05. The third-order valence-electron chi connectivity index (χ3n) is 3.71. The first-order valence-corrected chi connectivity index (χ1v) is 10.3. The van der Waals surface area contributed by atoms with E-state index in [4.69, 9.17) is 55.9 Å². The Morgan fingerprint density at radius 3 is 2.55 bits per heavy atom. The first-order valence-electron chi connectivity index (χ1n) is 7.99. The van der Waals surface area contributed by atoms with Gasteiger partial charge in [0, 0.05) is 5.02 Å². The number of amides is 1. The minimum atomic E-state index is -0.580. The molecule has 1 amide bonds. The molecule has 6 nitrogen and oxygen atoms in total. The number of nitrogens with zero attached hydrogens (tertiary/aromatic N) is 2. The summed E-state index contributed by atoms with van der Waals surface area (Å²) < 4.78 is 12.3. The smallest absolute Gasteiger partial charge is 0.325 e. The molecular formula is C18H12Cl4N2O4S. The summed E-state index contributed by atoms with van der Waals surface area (Å²) in [6.07, 6.45) is 0. The molecule has 0 aliphatic carbocycles. The highest BCUT2D eigenvalue weighted by molar-refractivity contribution is 7.16. The van der Waals surface area contributed by atoms with E-state index in [-0.39, 0.29) is 28.0 Å². The van der Waals surface area contributed by atoms with Crippen molar-refractivity contribution in [1.29, 1.82) is 0 Å². The molecule has 3 aromatic rings. The number of carbonyl (C=O) groups excluding carboxylic acids is 2. The number of methoxy groups -OCH3 is 1. The standard InChI is InChI=1S/C18H12Cl4N2O4S/c1-27-15(26)7-24-17-13(5-3-10(20)16(17)22)29-18(24)23-14(25)8-28-12-4-2-9(19)6-11(12)21/h2-6H,7-8H2,1H3. The molecule has 0 N–H and O–H groups in total. The zero-order chi connectivity index (χ0) is 21.1. The van der Waals surface area contributed by atoms with Gasteiger partial charge >= 0.3 is 5.97 Å². The van der Waals surface area contributed by atoms with Crippen molar-refractivity contribution in [3.05, 3.63) is 55.2 Å². The average Bonchev–Trinajstić information content (AvgIpc) is 3.01. The monoisotopic (exact) mass is 492 g/mol. The van der Waals surface area contributed by atoms with Crippen LogP contribution in [0.4, 0.5) is 0 Å². The van der Waals surface area contributed by atoms with Gasteiger partial charge in [-0.05, 0) is 30.3 Å². The van der Waals surface area contributed by atoms with Crippen LogP contribution in [-0.2, 0) is 20.9 Å². The van der Waals surface area contributed by atoms with Crippen LogP contribution in [0.3, 0.4) is 0 Å². The molecule has 0 fully saturated rings. The highest BCUT2D eigenvalue weighted by atomic mass is 35.5. The van der Waals surface area contributed by atoms with E-state index in [2.05, 4.69) is 4.99 Å². The molecular weight excluding hydrogens is 482 g/mol. The maximum Gasteiger partial charge on any atom is 0.325 e. The summed E-state index contributed by atoms with van der Waals surface area (Å²) in [5.74, 6) is -0.810. The fourth-order valence-electron chi connectivity index (χ4n) is 2.40. The summed E-state index contributed by atoms with van der Waals surface area (Å²) in [6, 6.07) is 8.00. The summed E-state index contributed by atoms with van der Waals surface area (Å²) in [7, 11) is 1.26. The Morgan fingerprint density at radius 1 is 1.10 bits per heavy atom. The number of ether oxygens (including phenoxy) is 2. The average molecular weight is 494 g/mol. The Bertz CT molecular complexity index is 1170. The van der Waals surface area contributed by atoms with E-state index in [0.717, 1.165) is 0 Å². The van der Waals surface area contributed by atoms with Crippen molar-refractivity contribution >= 4 is 79.8 Å². The lowest BCUT2D eigenvalue weighted by Gasteiger charge is -2.07. The van der Waals surface area contributed by atoms with Crippen LogP contribution in [0.2, 0.25) is 20.1 Å². The van der Waals surface area contributed by atoms with Crippen molar-refractivity contribution in [2.75, 3.05) is 13.7 Å². The molecule has 0 bridgehead atoms. The molecule has 0 aliphatic rings.